The monoisotopic (exact) mass is 113 g/mol. The lowest BCUT2D eigenvalue weighted by Gasteiger charge is -2.06. The first-order chi connectivity index (χ1) is 3.83. The van der Waals surface area contributed by atoms with Gasteiger partial charge in [-0.05, 0) is 13.0 Å². The lowest BCUT2D eigenvalue weighted by atomic mass is 10.3. The normalized spacial score (nSPS) is 27.2. The molecule has 0 saturated heterocycles. The Kier molecular flexibility index (Phi) is 1.53. The first-order valence-electron chi connectivity index (χ1n) is 2.86. The molecule has 46 valence electrons. The molecule has 0 amide bonds. The molecule has 0 spiro atoms. The Bertz CT molecular complexity index is 109. The van der Waals surface area contributed by atoms with Crippen molar-refractivity contribution in [2.75, 3.05) is 6.54 Å². The van der Waals surface area contributed by atoms with Crippen LogP contribution in [0.5, 0.6) is 0 Å². The molecule has 1 atom stereocenters. The van der Waals surface area contributed by atoms with Crippen molar-refractivity contribution < 1.29 is 4.74 Å². The topological polar surface area (TPSA) is 35.2 Å². The van der Waals surface area contributed by atoms with Gasteiger partial charge in [-0.25, -0.2) is 0 Å². The number of nitrogens with two attached hydrogens (primary N) is 1. The van der Waals surface area contributed by atoms with Crippen molar-refractivity contribution in [3.8, 4) is 0 Å². The Hall–Kier alpha value is -0.500. The van der Waals surface area contributed by atoms with E-state index in [0.29, 0.717) is 6.54 Å². The molecule has 0 aromatic heterocycles. The van der Waals surface area contributed by atoms with Crippen molar-refractivity contribution in [3.63, 3.8) is 0 Å². The van der Waals surface area contributed by atoms with Crippen molar-refractivity contribution in [1.82, 2.24) is 0 Å². The minimum absolute atomic E-state index is 0.259. The number of ether oxygens (including phenoxy) is 1. The lowest BCUT2D eigenvalue weighted by Crippen LogP contribution is -2.18. The largest absolute Gasteiger partial charge is 0.494 e. The van der Waals surface area contributed by atoms with Gasteiger partial charge in [-0.15, -0.1) is 0 Å². The van der Waals surface area contributed by atoms with E-state index in [1.807, 2.05) is 6.92 Å². The van der Waals surface area contributed by atoms with E-state index in [-0.39, 0.29) is 6.10 Å². The van der Waals surface area contributed by atoms with Crippen LogP contribution in [0.2, 0.25) is 0 Å². The van der Waals surface area contributed by atoms with Gasteiger partial charge in [0.15, 0.2) is 0 Å². The van der Waals surface area contributed by atoms with Crippen molar-refractivity contribution in [2.45, 2.75) is 19.4 Å². The molecular weight excluding hydrogens is 102 g/mol. The van der Waals surface area contributed by atoms with Crippen LogP contribution < -0.4 is 5.73 Å². The SMILES string of the molecule is CC1=CCC(CN)O1. The van der Waals surface area contributed by atoms with Crippen molar-refractivity contribution in [2.24, 2.45) is 5.73 Å². The predicted octanol–water partition coefficient (Wildman–Crippen LogP) is 0.638. The molecule has 2 N–H and O–H groups in total. The summed E-state index contributed by atoms with van der Waals surface area (Å²) in [5.41, 5.74) is 5.34. The van der Waals surface area contributed by atoms with Gasteiger partial charge in [-0.2, -0.15) is 0 Å². The molecule has 1 heterocycles. The molecule has 0 radical (unpaired) electrons. The van der Waals surface area contributed by atoms with Gasteiger partial charge in [0.25, 0.3) is 0 Å². The zero-order chi connectivity index (χ0) is 5.98. The summed E-state index contributed by atoms with van der Waals surface area (Å²) in [6, 6.07) is 0. The maximum atomic E-state index is 5.34. The van der Waals surface area contributed by atoms with Crippen LogP contribution in [0.15, 0.2) is 11.8 Å². The average molecular weight is 113 g/mol. The molecule has 0 aliphatic carbocycles. The minimum Gasteiger partial charge on any atom is -0.494 e. The molecule has 0 aromatic carbocycles. The summed E-state index contributed by atoms with van der Waals surface area (Å²) in [6.45, 7) is 2.59. The van der Waals surface area contributed by atoms with Crippen LogP contribution in [-0.4, -0.2) is 12.6 Å². The molecule has 1 aliphatic rings. The third-order valence-corrected chi connectivity index (χ3v) is 1.28. The third kappa shape index (κ3) is 1.01. The molecule has 8 heavy (non-hydrogen) atoms. The van der Waals surface area contributed by atoms with E-state index in [0.717, 1.165) is 12.2 Å². The maximum absolute atomic E-state index is 5.34. The van der Waals surface area contributed by atoms with Crippen LogP contribution >= 0.6 is 0 Å². The zero-order valence-electron chi connectivity index (χ0n) is 5.05. The van der Waals surface area contributed by atoms with Gasteiger partial charge in [0.05, 0.1) is 5.76 Å². The fraction of sp³-hybridized carbons (Fsp3) is 0.667. The van der Waals surface area contributed by atoms with Crippen molar-refractivity contribution in [3.05, 3.63) is 11.8 Å². The second kappa shape index (κ2) is 2.18. The molecule has 0 aromatic rings. The highest BCUT2D eigenvalue weighted by Gasteiger charge is 2.11. The number of rotatable bonds is 1. The molecule has 1 unspecified atom stereocenters. The highest BCUT2D eigenvalue weighted by atomic mass is 16.5. The fourth-order valence-electron chi connectivity index (χ4n) is 0.801. The lowest BCUT2D eigenvalue weighted by molar-refractivity contribution is 0.152. The van der Waals surface area contributed by atoms with Gasteiger partial charge in [0.1, 0.15) is 6.10 Å². The number of hydrogen-bond acceptors (Lipinski definition) is 2. The van der Waals surface area contributed by atoms with E-state index in [4.69, 9.17) is 10.5 Å². The Balaban J connectivity index is 2.32. The van der Waals surface area contributed by atoms with Crippen molar-refractivity contribution >= 4 is 0 Å². The number of hydrogen-bond donors (Lipinski definition) is 1. The summed E-state index contributed by atoms with van der Waals surface area (Å²) in [5, 5.41) is 0. The smallest absolute Gasteiger partial charge is 0.114 e. The number of allylic oxidation sites excluding steroid dienone is 1. The average Bonchev–Trinajstić information content (AvgIpc) is 2.14. The first kappa shape index (κ1) is 5.63. The van der Waals surface area contributed by atoms with Crippen LogP contribution in [0.3, 0.4) is 0 Å². The quantitative estimate of drug-likeness (QED) is 0.541. The highest BCUT2D eigenvalue weighted by molar-refractivity contribution is 4.97. The van der Waals surface area contributed by atoms with Gasteiger partial charge < -0.3 is 10.5 Å². The minimum atomic E-state index is 0.259. The van der Waals surface area contributed by atoms with Gasteiger partial charge >= 0.3 is 0 Å². The first-order valence-corrected chi connectivity index (χ1v) is 2.86. The second-order valence-electron chi connectivity index (χ2n) is 2.03. The molecule has 0 saturated carbocycles. The molecule has 0 fully saturated rings. The summed E-state index contributed by atoms with van der Waals surface area (Å²) < 4.78 is 5.25. The zero-order valence-corrected chi connectivity index (χ0v) is 5.05. The summed E-state index contributed by atoms with van der Waals surface area (Å²) in [5.74, 6) is 1.01. The molecule has 1 rings (SSSR count). The van der Waals surface area contributed by atoms with Crippen LogP contribution in [0.4, 0.5) is 0 Å². The van der Waals surface area contributed by atoms with E-state index >= 15 is 0 Å². The van der Waals surface area contributed by atoms with E-state index in [9.17, 15) is 0 Å². The standard InChI is InChI=1S/C6H11NO/c1-5-2-3-6(4-7)8-5/h2,6H,3-4,7H2,1H3. The summed E-state index contributed by atoms with van der Waals surface area (Å²) in [7, 11) is 0. The summed E-state index contributed by atoms with van der Waals surface area (Å²) in [6.07, 6.45) is 3.31. The van der Waals surface area contributed by atoms with Gasteiger partial charge in [0, 0.05) is 13.0 Å². The van der Waals surface area contributed by atoms with E-state index < -0.39 is 0 Å². The van der Waals surface area contributed by atoms with Gasteiger partial charge in [-0.3, -0.25) is 0 Å². The Morgan fingerprint density at radius 2 is 2.75 bits per heavy atom. The Labute approximate surface area is 49.3 Å². The van der Waals surface area contributed by atoms with Crippen LogP contribution in [-0.2, 0) is 4.74 Å². The van der Waals surface area contributed by atoms with Crippen LogP contribution in [0, 0.1) is 0 Å². The van der Waals surface area contributed by atoms with Crippen LogP contribution in [0.1, 0.15) is 13.3 Å². The summed E-state index contributed by atoms with van der Waals surface area (Å²) in [4.78, 5) is 0. The van der Waals surface area contributed by atoms with Crippen LogP contribution in [0.25, 0.3) is 0 Å². The van der Waals surface area contributed by atoms with E-state index in [2.05, 4.69) is 6.08 Å². The second-order valence-corrected chi connectivity index (χ2v) is 2.03. The van der Waals surface area contributed by atoms with E-state index in [1.165, 1.54) is 0 Å². The molecular formula is C6H11NO. The van der Waals surface area contributed by atoms with Crippen molar-refractivity contribution in [1.29, 1.82) is 0 Å². The Morgan fingerprint density at radius 1 is 2.00 bits per heavy atom. The molecule has 0 bridgehead atoms. The highest BCUT2D eigenvalue weighted by Crippen LogP contribution is 2.14. The molecule has 2 heteroatoms. The maximum Gasteiger partial charge on any atom is 0.114 e. The predicted molar refractivity (Wildman–Crippen MR) is 32.3 cm³/mol. The van der Waals surface area contributed by atoms with E-state index in [1.54, 1.807) is 0 Å². The summed E-state index contributed by atoms with van der Waals surface area (Å²) >= 11 is 0. The fourth-order valence-corrected chi connectivity index (χ4v) is 0.801. The Morgan fingerprint density at radius 3 is 3.00 bits per heavy atom. The van der Waals surface area contributed by atoms with Gasteiger partial charge in [-0.1, -0.05) is 0 Å². The van der Waals surface area contributed by atoms with Gasteiger partial charge in [0.2, 0.25) is 0 Å². The molecule has 2 nitrogen and oxygen atoms in total. The third-order valence-electron chi connectivity index (χ3n) is 1.28. The molecule has 1 aliphatic heterocycles.